The van der Waals surface area contributed by atoms with Crippen LogP contribution in [0.25, 0.3) is 72.3 Å². The summed E-state index contributed by atoms with van der Waals surface area (Å²) in [5, 5.41) is 2.46. The van der Waals surface area contributed by atoms with Gasteiger partial charge < -0.3 is 9.13 Å². The lowest BCUT2D eigenvalue weighted by molar-refractivity contribution is 0.959. The molecule has 41 heavy (non-hydrogen) atoms. The van der Waals surface area contributed by atoms with Crippen molar-refractivity contribution in [3.05, 3.63) is 140 Å². The third-order valence-electron chi connectivity index (χ3n) is 7.99. The lowest BCUT2D eigenvalue weighted by Crippen LogP contribution is -1.96. The zero-order valence-electron chi connectivity index (χ0n) is 22.6. The molecular weight excluding hydrogens is 500 g/mol. The summed E-state index contributed by atoms with van der Waals surface area (Å²) >= 11 is 0. The van der Waals surface area contributed by atoms with Gasteiger partial charge in [0.2, 0.25) is 0 Å². The molecule has 0 amide bonds. The third-order valence-corrected chi connectivity index (χ3v) is 7.99. The molecule has 0 radical (unpaired) electrons. The second-order valence-electron chi connectivity index (χ2n) is 10.4. The number of benzene rings is 5. The van der Waals surface area contributed by atoms with Crippen LogP contribution in [0, 0.1) is 0 Å². The van der Waals surface area contributed by atoms with Gasteiger partial charge in [0.05, 0.1) is 27.8 Å². The number of aryl methyl sites for hydroxylation is 1. The molecule has 0 unspecified atom stereocenters. The summed E-state index contributed by atoms with van der Waals surface area (Å²) < 4.78 is 4.57. The zero-order chi connectivity index (χ0) is 27.3. The minimum Gasteiger partial charge on any atom is -0.327 e. The number of aromatic nitrogens is 4. The zero-order valence-corrected chi connectivity index (χ0v) is 22.6. The van der Waals surface area contributed by atoms with Crippen molar-refractivity contribution in [2.24, 2.45) is 7.05 Å². The van der Waals surface area contributed by atoms with Gasteiger partial charge >= 0.3 is 0 Å². The molecule has 0 aliphatic rings. The van der Waals surface area contributed by atoms with Crippen LogP contribution >= 0.6 is 0 Å². The molecule has 5 aromatic carbocycles. The highest BCUT2D eigenvalue weighted by atomic mass is 15.1. The molecular formula is C37H26N4. The average molecular weight is 527 g/mol. The second kappa shape index (κ2) is 9.32. The van der Waals surface area contributed by atoms with E-state index in [0.717, 1.165) is 44.9 Å². The van der Waals surface area contributed by atoms with Gasteiger partial charge in [0.15, 0.2) is 0 Å². The van der Waals surface area contributed by atoms with Crippen LogP contribution in [0.2, 0.25) is 0 Å². The van der Waals surface area contributed by atoms with E-state index in [1.165, 1.54) is 27.4 Å². The van der Waals surface area contributed by atoms with E-state index in [1.807, 2.05) is 24.4 Å². The van der Waals surface area contributed by atoms with E-state index in [0.29, 0.717) is 0 Å². The maximum atomic E-state index is 5.01. The minimum absolute atomic E-state index is 0.954. The highest BCUT2D eigenvalue weighted by Crippen LogP contribution is 2.40. The Morgan fingerprint density at radius 3 is 2.20 bits per heavy atom. The number of para-hydroxylation sites is 2. The lowest BCUT2D eigenvalue weighted by Gasteiger charge is -2.11. The summed E-state index contributed by atoms with van der Waals surface area (Å²) in [7, 11) is 2.09. The van der Waals surface area contributed by atoms with Gasteiger partial charge in [-0.15, -0.1) is 0 Å². The van der Waals surface area contributed by atoms with E-state index in [9.17, 15) is 0 Å². The molecule has 194 valence electrons. The molecule has 0 bridgehead atoms. The maximum Gasteiger partial charge on any atom is 0.140 e. The van der Waals surface area contributed by atoms with Gasteiger partial charge in [0.1, 0.15) is 5.82 Å². The molecule has 0 spiro atoms. The Bertz CT molecular complexity index is 2210. The van der Waals surface area contributed by atoms with Gasteiger partial charge in [0.25, 0.3) is 0 Å². The fraction of sp³-hybridized carbons (Fsp3) is 0.0270. The SMILES string of the molecule is Cn1c(-c2ccc3c4c(-c5ccccc5)cccc4n(-c4cccc(-c5ccccn5)c4)c3c2)nc2ccccc21. The van der Waals surface area contributed by atoms with Gasteiger partial charge in [-0.3, -0.25) is 4.98 Å². The molecule has 8 aromatic rings. The summed E-state index contributed by atoms with van der Waals surface area (Å²) in [6.07, 6.45) is 1.84. The molecule has 3 heterocycles. The Hall–Kier alpha value is -5.48. The molecule has 8 rings (SSSR count). The Morgan fingerprint density at radius 2 is 1.34 bits per heavy atom. The summed E-state index contributed by atoms with van der Waals surface area (Å²) in [5.74, 6) is 0.954. The summed E-state index contributed by atoms with van der Waals surface area (Å²) in [6, 6.07) is 47.0. The minimum atomic E-state index is 0.954. The highest BCUT2D eigenvalue weighted by Gasteiger charge is 2.19. The molecule has 3 aromatic heterocycles. The van der Waals surface area contributed by atoms with Crippen LogP contribution in [-0.2, 0) is 7.05 Å². The first-order valence-electron chi connectivity index (χ1n) is 13.8. The van der Waals surface area contributed by atoms with E-state index >= 15 is 0 Å². The Balaban J connectivity index is 1.44. The summed E-state index contributed by atoms with van der Waals surface area (Å²) in [4.78, 5) is 9.62. The van der Waals surface area contributed by atoms with Crippen LogP contribution in [-0.4, -0.2) is 19.1 Å². The molecule has 4 heteroatoms. The molecule has 0 atom stereocenters. The summed E-state index contributed by atoms with van der Waals surface area (Å²) in [6.45, 7) is 0. The van der Waals surface area contributed by atoms with Gasteiger partial charge in [-0.1, -0.05) is 84.9 Å². The standard InChI is InChI=1S/C37H26N4/c1-40-33-18-6-5-17-32(33)39-37(40)27-20-21-30-35(24-27)41(28-14-9-13-26(23-28)31-16-7-8-22-38-31)34-19-10-15-29(36(30)34)25-11-3-2-4-12-25/h2-24H,1H3. The average Bonchev–Trinajstić information content (AvgIpc) is 3.56. The molecule has 0 saturated heterocycles. The van der Waals surface area contributed by atoms with E-state index in [1.54, 1.807) is 0 Å². The summed E-state index contributed by atoms with van der Waals surface area (Å²) in [5.41, 5.74) is 11.1. The Morgan fingerprint density at radius 1 is 0.561 bits per heavy atom. The highest BCUT2D eigenvalue weighted by molar-refractivity contribution is 6.16. The lowest BCUT2D eigenvalue weighted by atomic mass is 9.99. The monoisotopic (exact) mass is 526 g/mol. The molecule has 0 aliphatic carbocycles. The molecule has 0 saturated carbocycles. The van der Waals surface area contributed by atoms with Crippen LogP contribution in [0.3, 0.4) is 0 Å². The number of nitrogens with zero attached hydrogens (tertiary/aromatic N) is 4. The molecule has 0 aliphatic heterocycles. The number of hydrogen-bond acceptors (Lipinski definition) is 2. The number of pyridine rings is 1. The van der Waals surface area contributed by atoms with Crippen LogP contribution in [0.1, 0.15) is 0 Å². The fourth-order valence-corrected chi connectivity index (χ4v) is 6.08. The molecule has 0 N–H and O–H groups in total. The molecule has 0 fully saturated rings. The van der Waals surface area contributed by atoms with Gasteiger partial charge in [-0.2, -0.15) is 0 Å². The third kappa shape index (κ3) is 3.76. The smallest absolute Gasteiger partial charge is 0.140 e. The fourth-order valence-electron chi connectivity index (χ4n) is 6.08. The first kappa shape index (κ1) is 23.4. The van der Waals surface area contributed by atoms with Gasteiger partial charge in [0, 0.05) is 40.8 Å². The number of fused-ring (bicyclic) bond motifs is 4. The predicted octanol–water partition coefficient (Wildman–Crippen LogP) is 9.07. The first-order chi connectivity index (χ1) is 20.3. The normalized spacial score (nSPS) is 11.5. The van der Waals surface area contributed by atoms with Crippen molar-refractivity contribution in [1.29, 1.82) is 0 Å². The second-order valence-corrected chi connectivity index (χ2v) is 10.4. The van der Waals surface area contributed by atoms with Crippen LogP contribution in [0.5, 0.6) is 0 Å². The van der Waals surface area contributed by atoms with E-state index in [-0.39, 0.29) is 0 Å². The first-order valence-corrected chi connectivity index (χ1v) is 13.8. The van der Waals surface area contributed by atoms with E-state index in [2.05, 4.69) is 136 Å². The number of hydrogen-bond donors (Lipinski definition) is 0. The van der Waals surface area contributed by atoms with Gasteiger partial charge in [-0.05, 0) is 59.7 Å². The maximum absolute atomic E-state index is 5.01. The van der Waals surface area contributed by atoms with Crippen molar-refractivity contribution >= 4 is 32.8 Å². The predicted molar refractivity (Wildman–Crippen MR) is 169 cm³/mol. The van der Waals surface area contributed by atoms with E-state index < -0.39 is 0 Å². The molecule has 4 nitrogen and oxygen atoms in total. The van der Waals surface area contributed by atoms with Gasteiger partial charge in [-0.25, -0.2) is 4.98 Å². The number of imidazole rings is 1. The largest absolute Gasteiger partial charge is 0.327 e. The van der Waals surface area contributed by atoms with Crippen molar-refractivity contribution < 1.29 is 0 Å². The van der Waals surface area contributed by atoms with Crippen molar-refractivity contribution in [1.82, 2.24) is 19.1 Å². The van der Waals surface area contributed by atoms with Crippen LogP contribution in [0.4, 0.5) is 0 Å². The van der Waals surface area contributed by atoms with Crippen LogP contribution in [0.15, 0.2) is 140 Å². The van der Waals surface area contributed by atoms with Crippen molar-refractivity contribution in [3.8, 4) is 39.5 Å². The Kier molecular flexibility index (Phi) is 5.32. The van der Waals surface area contributed by atoms with Crippen molar-refractivity contribution in [2.75, 3.05) is 0 Å². The topological polar surface area (TPSA) is 35.6 Å². The van der Waals surface area contributed by atoms with Crippen molar-refractivity contribution in [3.63, 3.8) is 0 Å². The van der Waals surface area contributed by atoms with Crippen LogP contribution < -0.4 is 0 Å². The quantitative estimate of drug-likeness (QED) is 0.229. The Labute approximate surface area is 237 Å². The van der Waals surface area contributed by atoms with E-state index in [4.69, 9.17) is 4.98 Å². The van der Waals surface area contributed by atoms with Crippen molar-refractivity contribution in [2.45, 2.75) is 0 Å². The number of rotatable bonds is 4.